The Bertz CT molecular complexity index is 972. The van der Waals surface area contributed by atoms with E-state index in [-0.39, 0.29) is 17.6 Å². The highest BCUT2D eigenvalue weighted by Crippen LogP contribution is 2.13. The Morgan fingerprint density at radius 1 is 1.29 bits per heavy atom. The van der Waals surface area contributed by atoms with Crippen LogP contribution in [0.1, 0.15) is 28.7 Å². The van der Waals surface area contributed by atoms with Gasteiger partial charge in [0.15, 0.2) is 0 Å². The molecule has 0 fully saturated rings. The molecule has 0 unspecified atom stereocenters. The maximum Gasteiger partial charge on any atom is 0.343 e. The quantitative estimate of drug-likeness (QED) is 0.681. The molecule has 0 atom stereocenters. The molecule has 0 aromatic carbocycles. The van der Waals surface area contributed by atoms with Crippen molar-refractivity contribution in [1.82, 2.24) is 19.3 Å². The first-order valence-corrected chi connectivity index (χ1v) is 7.66. The van der Waals surface area contributed by atoms with Gasteiger partial charge in [0, 0.05) is 25.1 Å². The summed E-state index contributed by atoms with van der Waals surface area (Å²) in [5, 5.41) is 4.54. The van der Waals surface area contributed by atoms with Gasteiger partial charge in [-0.15, -0.1) is 0 Å². The van der Waals surface area contributed by atoms with Gasteiger partial charge in [-0.25, -0.2) is 9.78 Å². The zero-order valence-electron chi connectivity index (χ0n) is 13.8. The first-order chi connectivity index (χ1) is 11.5. The van der Waals surface area contributed by atoms with Gasteiger partial charge in [-0.2, -0.15) is 5.10 Å². The number of ether oxygens (including phenoxy) is 1. The lowest BCUT2D eigenvalue weighted by Gasteiger charge is -2.13. The van der Waals surface area contributed by atoms with Gasteiger partial charge >= 0.3 is 5.97 Å². The van der Waals surface area contributed by atoms with Gasteiger partial charge in [-0.3, -0.25) is 9.48 Å². The van der Waals surface area contributed by atoms with Gasteiger partial charge < -0.3 is 9.30 Å². The third-order valence-electron chi connectivity index (χ3n) is 3.81. The van der Waals surface area contributed by atoms with E-state index in [4.69, 9.17) is 4.74 Å². The van der Waals surface area contributed by atoms with Crippen molar-refractivity contribution in [2.24, 2.45) is 7.05 Å². The summed E-state index contributed by atoms with van der Waals surface area (Å²) in [7, 11) is 1.84. The highest BCUT2D eigenvalue weighted by molar-refractivity contribution is 5.93. The molecule has 0 saturated carbocycles. The summed E-state index contributed by atoms with van der Waals surface area (Å²) < 4.78 is 8.53. The summed E-state index contributed by atoms with van der Waals surface area (Å²) in [5.41, 5.74) is 1.91. The standard InChI is InChI=1S/C17H18N4O3/c1-4-24-17(23)14-10-21(9-12-7-8-18-20(12)3)16-13(15(14)22)6-5-11(2)19-16/h5-8,10H,4,9H2,1-3H3. The van der Waals surface area contributed by atoms with Crippen molar-refractivity contribution >= 4 is 17.0 Å². The van der Waals surface area contributed by atoms with Crippen molar-refractivity contribution in [3.63, 3.8) is 0 Å². The topological polar surface area (TPSA) is 79.0 Å². The van der Waals surface area contributed by atoms with Crippen LogP contribution in [-0.2, 0) is 18.3 Å². The molecule has 24 heavy (non-hydrogen) atoms. The summed E-state index contributed by atoms with van der Waals surface area (Å²) >= 11 is 0. The molecule has 7 heteroatoms. The van der Waals surface area contributed by atoms with Crippen molar-refractivity contribution in [3.05, 3.63) is 57.8 Å². The van der Waals surface area contributed by atoms with E-state index in [0.29, 0.717) is 17.6 Å². The minimum atomic E-state index is -0.622. The van der Waals surface area contributed by atoms with Crippen molar-refractivity contribution in [3.8, 4) is 0 Å². The molecule has 3 aromatic heterocycles. The predicted octanol–water partition coefficient (Wildman–Crippen LogP) is 1.66. The van der Waals surface area contributed by atoms with Gasteiger partial charge in [0.05, 0.1) is 24.2 Å². The fourth-order valence-corrected chi connectivity index (χ4v) is 2.57. The molecular formula is C17H18N4O3. The normalized spacial score (nSPS) is 11.0. The van der Waals surface area contributed by atoms with E-state index < -0.39 is 5.97 Å². The first kappa shape index (κ1) is 15.9. The molecule has 124 valence electrons. The smallest absolute Gasteiger partial charge is 0.343 e. The number of esters is 1. The number of fused-ring (bicyclic) bond motifs is 1. The Morgan fingerprint density at radius 3 is 2.75 bits per heavy atom. The second-order valence-corrected chi connectivity index (χ2v) is 5.49. The lowest BCUT2D eigenvalue weighted by molar-refractivity contribution is 0.0524. The van der Waals surface area contributed by atoms with Gasteiger partial charge in [0.1, 0.15) is 11.2 Å². The van der Waals surface area contributed by atoms with Gasteiger partial charge in [0.2, 0.25) is 5.43 Å². The molecule has 0 spiro atoms. The van der Waals surface area contributed by atoms with Gasteiger partial charge in [-0.05, 0) is 32.0 Å². The lowest BCUT2D eigenvalue weighted by Crippen LogP contribution is -2.22. The molecule has 0 radical (unpaired) electrons. The maximum atomic E-state index is 12.6. The number of carbonyl (C=O) groups excluding carboxylic acids is 1. The summed E-state index contributed by atoms with van der Waals surface area (Å²) in [6.45, 7) is 4.22. The summed E-state index contributed by atoms with van der Waals surface area (Å²) in [5.74, 6) is -0.622. The number of rotatable bonds is 4. The van der Waals surface area contributed by atoms with Crippen LogP contribution >= 0.6 is 0 Å². The Kier molecular flexibility index (Phi) is 4.16. The minimum Gasteiger partial charge on any atom is -0.462 e. The Morgan fingerprint density at radius 2 is 2.08 bits per heavy atom. The SMILES string of the molecule is CCOC(=O)c1cn(Cc2ccnn2C)c2nc(C)ccc2c1=O. The second kappa shape index (κ2) is 6.27. The average Bonchev–Trinajstić information content (AvgIpc) is 2.95. The van der Waals surface area contributed by atoms with Crippen molar-refractivity contribution in [2.75, 3.05) is 6.61 Å². The van der Waals surface area contributed by atoms with Crippen LogP contribution in [0.3, 0.4) is 0 Å². The fraction of sp³-hybridized carbons (Fsp3) is 0.294. The second-order valence-electron chi connectivity index (χ2n) is 5.49. The number of pyridine rings is 2. The molecule has 7 nitrogen and oxygen atoms in total. The zero-order valence-corrected chi connectivity index (χ0v) is 13.8. The van der Waals surface area contributed by atoms with Crippen LogP contribution in [0.15, 0.2) is 35.4 Å². The Labute approximate surface area is 138 Å². The molecule has 3 heterocycles. The monoisotopic (exact) mass is 326 g/mol. The molecule has 0 aliphatic carbocycles. The van der Waals surface area contributed by atoms with E-state index in [1.54, 1.807) is 34.5 Å². The van der Waals surface area contributed by atoms with E-state index in [9.17, 15) is 9.59 Å². The van der Waals surface area contributed by atoms with E-state index in [0.717, 1.165) is 11.4 Å². The molecule has 0 amide bonds. The molecule has 3 aromatic rings. The van der Waals surface area contributed by atoms with Crippen LogP contribution < -0.4 is 5.43 Å². The number of aryl methyl sites for hydroxylation is 2. The van der Waals surface area contributed by atoms with Crippen LogP contribution in [-0.4, -0.2) is 31.9 Å². The highest BCUT2D eigenvalue weighted by Gasteiger charge is 2.18. The zero-order chi connectivity index (χ0) is 17.3. The van der Waals surface area contributed by atoms with Crippen LogP contribution in [0.5, 0.6) is 0 Å². The maximum absolute atomic E-state index is 12.6. The van der Waals surface area contributed by atoms with Crippen LogP contribution in [0.4, 0.5) is 0 Å². The van der Waals surface area contributed by atoms with Crippen LogP contribution in [0.25, 0.3) is 11.0 Å². The van der Waals surface area contributed by atoms with E-state index in [1.807, 2.05) is 20.0 Å². The van der Waals surface area contributed by atoms with E-state index in [2.05, 4.69) is 10.1 Å². The van der Waals surface area contributed by atoms with Crippen LogP contribution in [0.2, 0.25) is 0 Å². The largest absolute Gasteiger partial charge is 0.462 e. The average molecular weight is 326 g/mol. The number of hydrogen-bond acceptors (Lipinski definition) is 5. The molecule has 0 saturated heterocycles. The molecule has 0 bridgehead atoms. The molecule has 0 aliphatic heterocycles. The first-order valence-electron chi connectivity index (χ1n) is 7.66. The fourth-order valence-electron chi connectivity index (χ4n) is 2.57. The number of aromatic nitrogens is 4. The Hall–Kier alpha value is -2.96. The highest BCUT2D eigenvalue weighted by atomic mass is 16.5. The number of hydrogen-bond donors (Lipinski definition) is 0. The molecule has 3 rings (SSSR count). The van der Waals surface area contributed by atoms with Crippen molar-refractivity contribution < 1.29 is 9.53 Å². The lowest BCUT2D eigenvalue weighted by atomic mass is 10.1. The molecule has 0 aliphatic rings. The predicted molar refractivity (Wildman–Crippen MR) is 89.0 cm³/mol. The summed E-state index contributed by atoms with van der Waals surface area (Å²) in [6.07, 6.45) is 3.22. The summed E-state index contributed by atoms with van der Waals surface area (Å²) in [4.78, 5) is 29.2. The van der Waals surface area contributed by atoms with Gasteiger partial charge in [-0.1, -0.05) is 0 Å². The van der Waals surface area contributed by atoms with Crippen LogP contribution in [0, 0.1) is 6.92 Å². The van der Waals surface area contributed by atoms with Crippen molar-refractivity contribution in [1.29, 1.82) is 0 Å². The molecule has 0 N–H and O–H groups in total. The number of carbonyl (C=O) groups is 1. The summed E-state index contributed by atoms with van der Waals surface area (Å²) in [6, 6.07) is 5.33. The van der Waals surface area contributed by atoms with Gasteiger partial charge in [0.25, 0.3) is 0 Å². The van der Waals surface area contributed by atoms with E-state index in [1.165, 1.54) is 6.20 Å². The van der Waals surface area contributed by atoms with E-state index >= 15 is 0 Å². The third-order valence-corrected chi connectivity index (χ3v) is 3.81. The molecular weight excluding hydrogens is 308 g/mol. The third kappa shape index (κ3) is 2.80. The minimum absolute atomic E-state index is 0.0113. The Balaban J connectivity index is 2.23. The van der Waals surface area contributed by atoms with Crippen molar-refractivity contribution in [2.45, 2.75) is 20.4 Å². The number of nitrogens with zero attached hydrogens (tertiary/aromatic N) is 4.